The average molecular weight is 269 g/mol. The van der Waals surface area contributed by atoms with Crippen LogP contribution >= 0.6 is 11.3 Å². The fourth-order valence-electron chi connectivity index (χ4n) is 1.99. The fourth-order valence-corrected chi connectivity index (χ4v) is 2.62. The minimum Gasteiger partial charge on any atom is -0.311 e. The highest BCUT2D eigenvalue weighted by Gasteiger charge is 1.99. The summed E-state index contributed by atoms with van der Waals surface area (Å²) in [6.07, 6.45) is 2.83. The van der Waals surface area contributed by atoms with Gasteiger partial charge in [0, 0.05) is 36.5 Å². The number of hydrogen-bond acceptors (Lipinski definition) is 4. The molecule has 0 saturated heterocycles. The zero-order valence-electron chi connectivity index (χ0n) is 10.5. The van der Waals surface area contributed by atoms with Gasteiger partial charge in [0.25, 0.3) is 0 Å². The number of rotatable bonds is 5. The molecule has 1 aromatic carbocycles. The van der Waals surface area contributed by atoms with Crippen molar-refractivity contribution in [2.24, 2.45) is 0 Å². The van der Waals surface area contributed by atoms with Crippen molar-refractivity contribution in [3.63, 3.8) is 0 Å². The number of benzene rings is 1. The minimum absolute atomic E-state index is 0.802. The van der Waals surface area contributed by atoms with Gasteiger partial charge >= 0.3 is 0 Å². The lowest BCUT2D eigenvalue weighted by molar-refractivity contribution is 0.675. The molecule has 2 aromatic heterocycles. The van der Waals surface area contributed by atoms with Gasteiger partial charge in [-0.2, -0.15) is 0 Å². The van der Waals surface area contributed by atoms with Gasteiger partial charge in [-0.25, -0.2) is 4.98 Å². The molecule has 0 unspecified atom stereocenters. The Labute approximate surface area is 116 Å². The van der Waals surface area contributed by atoms with Gasteiger partial charge < -0.3 is 5.32 Å². The lowest BCUT2D eigenvalue weighted by atomic mass is 10.2. The molecule has 19 heavy (non-hydrogen) atoms. The molecule has 0 fully saturated rings. The Kier molecular flexibility index (Phi) is 3.81. The predicted octanol–water partition coefficient (Wildman–Crippen LogP) is 3.02. The molecule has 0 spiro atoms. The topological polar surface area (TPSA) is 37.8 Å². The smallest absolute Gasteiger partial charge is 0.0937 e. The molecule has 3 rings (SSSR count). The number of pyridine rings is 1. The van der Waals surface area contributed by atoms with Crippen LogP contribution < -0.4 is 5.32 Å². The summed E-state index contributed by atoms with van der Waals surface area (Å²) >= 11 is 1.70. The second-order valence-corrected chi connectivity index (χ2v) is 5.33. The molecule has 96 valence electrons. The number of thiazole rings is 1. The lowest BCUT2D eigenvalue weighted by Gasteiger charge is -2.04. The molecule has 0 aliphatic carbocycles. The quantitative estimate of drug-likeness (QED) is 0.723. The molecule has 0 amide bonds. The summed E-state index contributed by atoms with van der Waals surface area (Å²) in [7, 11) is 0. The maximum absolute atomic E-state index is 4.63. The van der Waals surface area contributed by atoms with E-state index < -0.39 is 0 Å². The first kappa shape index (κ1) is 12.3. The molecule has 0 aliphatic rings. The van der Waals surface area contributed by atoms with Gasteiger partial charge in [-0.15, -0.1) is 11.3 Å². The summed E-state index contributed by atoms with van der Waals surface area (Å²) < 4.78 is 0. The van der Waals surface area contributed by atoms with Gasteiger partial charge in [-0.05, 0) is 12.1 Å². The molecule has 0 atom stereocenters. The molecule has 4 heteroatoms. The highest BCUT2D eigenvalue weighted by atomic mass is 32.1. The van der Waals surface area contributed by atoms with Crippen molar-refractivity contribution in [1.29, 1.82) is 0 Å². The first-order valence-corrected chi connectivity index (χ1v) is 7.23. The Bertz CT molecular complexity index is 649. The third-order valence-corrected chi connectivity index (χ3v) is 3.80. The maximum Gasteiger partial charge on any atom is 0.0937 e. The Hall–Kier alpha value is -1.78. The molecule has 0 bridgehead atoms. The van der Waals surface area contributed by atoms with E-state index in [1.54, 1.807) is 11.3 Å². The van der Waals surface area contributed by atoms with Crippen molar-refractivity contribution >= 4 is 22.2 Å². The monoisotopic (exact) mass is 269 g/mol. The standard InChI is InChI=1S/C15H15N3S/c1-2-4-14-12(3-1)5-6-13(18-14)11-16-8-7-15-17-9-10-19-15/h1-6,9-10,16H,7-8,11H2. The average Bonchev–Trinajstić information content (AvgIpc) is 2.97. The summed E-state index contributed by atoms with van der Waals surface area (Å²) in [4.78, 5) is 8.90. The molecule has 0 radical (unpaired) electrons. The number of aromatic nitrogens is 2. The van der Waals surface area contributed by atoms with Gasteiger partial charge in [-0.1, -0.05) is 24.3 Å². The zero-order chi connectivity index (χ0) is 12.9. The van der Waals surface area contributed by atoms with Crippen molar-refractivity contribution in [3.8, 4) is 0 Å². The highest BCUT2D eigenvalue weighted by molar-refractivity contribution is 7.09. The van der Waals surface area contributed by atoms with Crippen LogP contribution in [0.5, 0.6) is 0 Å². The summed E-state index contributed by atoms with van der Waals surface area (Å²) in [6.45, 7) is 1.73. The molecule has 1 N–H and O–H groups in total. The van der Waals surface area contributed by atoms with Gasteiger partial charge in [0.15, 0.2) is 0 Å². The van der Waals surface area contributed by atoms with E-state index in [4.69, 9.17) is 0 Å². The van der Waals surface area contributed by atoms with Crippen LogP contribution in [0.3, 0.4) is 0 Å². The van der Waals surface area contributed by atoms with E-state index in [1.807, 2.05) is 23.7 Å². The van der Waals surface area contributed by atoms with Crippen molar-refractivity contribution < 1.29 is 0 Å². The number of hydrogen-bond donors (Lipinski definition) is 1. The van der Waals surface area contributed by atoms with Crippen molar-refractivity contribution in [2.75, 3.05) is 6.54 Å². The van der Waals surface area contributed by atoms with E-state index in [1.165, 1.54) is 10.4 Å². The van der Waals surface area contributed by atoms with Crippen LogP contribution in [0.15, 0.2) is 48.0 Å². The van der Waals surface area contributed by atoms with Gasteiger partial charge in [0.1, 0.15) is 0 Å². The zero-order valence-corrected chi connectivity index (χ0v) is 11.4. The van der Waals surface area contributed by atoms with E-state index in [0.29, 0.717) is 0 Å². The van der Waals surface area contributed by atoms with Crippen LogP contribution in [-0.4, -0.2) is 16.5 Å². The Morgan fingerprint density at radius 1 is 1.11 bits per heavy atom. The number of nitrogens with zero attached hydrogens (tertiary/aromatic N) is 2. The van der Waals surface area contributed by atoms with E-state index in [-0.39, 0.29) is 0 Å². The molecule has 0 aliphatic heterocycles. The van der Waals surface area contributed by atoms with Crippen LogP contribution in [0.4, 0.5) is 0 Å². The Morgan fingerprint density at radius 3 is 2.95 bits per heavy atom. The molecule has 2 heterocycles. The number of para-hydroxylation sites is 1. The van der Waals surface area contributed by atoms with Crippen molar-refractivity contribution in [1.82, 2.24) is 15.3 Å². The summed E-state index contributed by atoms with van der Waals surface area (Å²) in [5.41, 5.74) is 2.14. The molecule has 3 nitrogen and oxygen atoms in total. The minimum atomic E-state index is 0.802. The summed E-state index contributed by atoms with van der Waals surface area (Å²) in [5.74, 6) is 0. The molecular weight excluding hydrogens is 254 g/mol. The van der Waals surface area contributed by atoms with Gasteiger partial charge in [0.05, 0.1) is 16.2 Å². The van der Waals surface area contributed by atoms with Crippen LogP contribution in [0.25, 0.3) is 10.9 Å². The van der Waals surface area contributed by atoms with Crippen LogP contribution in [0.1, 0.15) is 10.7 Å². The maximum atomic E-state index is 4.63. The number of fused-ring (bicyclic) bond motifs is 1. The highest BCUT2D eigenvalue weighted by Crippen LogP contribution is 2.11. The normalized spacial score (nSPS) is 10.9. The largest absolute Gasteiger partial charge is 0.311 e. The molecule has 3 aromatic rings. The lowest BCUT2D eigenvalue weighted by Crippen LogP contribution is -2.17. The van der Waals surface area contributed by atoms with Gasteiger partial charge in [0.2, 0.25) is 0 Å². The SMILES string of the molecule is c1ccc2nc(CNCCc3nccs3)ccc2c1. The first-order chi connectivity index (χ1) is 9.42. The Morgan fingerprint density at radius 2 is 2.05 bits per heavy atom. The second kappa shape index (κ2) is 5.91. The fraction of sp³-hybridized carbons (Fsp3) is 0.200. The third-order valence-electron chi connectivity index (χ3n) is 2.96. The van der Waals surface area contributed by atoms with E-state index in [9.17, 15) is 0 Å². The van der Waals surface area contributed by atoms with Gasteiger partial charge in [-0.3, -0.25) is 4.98 Å². The predicted molar refractivity (Wildman–Crippen MR) is 79.3 cm³/mol. The van der Waals surface area contributed by atoms with E-state index in [2.05, 4.69) is 39.6 Å². The van der Waals surface area contributed by atoms with Crippen LogP contribution in [-0.2, 0) is 13.0 Å². The van der Waals surface area contributed by atoms with Crippen LogP contribution in [0, 0.1) is 0 Å². The Balaban J connectivity index is 1.56. The molecule has 0 saturated carbocycles. The van der Waals surface area contributed by atoms with Crippen LogP contribution in [0.2, 0.25) is 0 Å². The van der Waals surface area contributed by atoms with E-state index >= 15 is 0 Å². The summed E-state index contributed by atoms with van der Waals surface area (Å²) in [5, 5.41) is 7.79. The third kappa shape index (κ3) is 3.16. The van der Waals surface area contributed by atoms with E-state index in [0.717, 1.165) is 30.7 Å². The summed E-state index contributed by atoms with van der Waals surface area (Å²) in [6, 6.07) is 12.4. The molecular formula is C15H15N3S. The van der Waals surface area contributed by atoms with Crippen molar-refractivity contribution in [2.45, 2.75) is 13.0 Å². The van der Waals surface area contributed by atoms with Crippen molar-refractivity contribution in [3.05, 3.63) is 58.7 Å². The first-order valence-electron chi connectivity index (χ1n) is 6.35. The second-order valence-electron chi connectivity index (χ2n) is 4.35. The number of nitrogens with one attached hydrogen (secondary N) is 1.